The summed E-state index contributed by atoms with van der Waals surface area (Å²) in [4.78, 5) is 47.6. The summed E-state index contributed by atoms with van der Waals surface area (Å²) >= 11 is 13.7. The van der Waals surface area contributed by atoms with Crippen molar-refractivity contribution in [1.82, 2.24) is 15.5 Å². The van der Waals surface area contributed by atoms with Gasteiger partial charge in [-0.15, -0.1) is 0 Å². The number of hydrogen-bond acceptors (Lipinski definition) is 6. The molecule has 1 aliphatic carbocycles. The maximum Gasteiger partial charge on any atom is 0.330 e. The Balaban J connectivity index is 1.87. The Hall–Kier alpha value is -4.48. The molecule has 2 aromatic rings. The van der Waals surface area contributed by atoms with E-state index < -0.39 is 6.03 Å². The molecule has 0 saturated heterocycles. The third kappa shape index (κ3) is 9.25. The number of aliphatic imine (C=N–C) groups is 1. The number of hydrogen-bond donors (Lipinski definition) is 3. The highest BCUT2D eigenvalue weighted by Gasteiger charge is 2.37. The molecular weight excluding hydrogens is 691 g/mol. The topological polar surface area (TPSA) is 125 Å². The molecule has 0 spiro atoms. The lowest BCUT2D eigenvalue weighted by Crippen LogP contribution is -2.53. The molecule has 13 heteroatoms. The fourth-order valence-electron chi connectivity index (χ4n) is 6.10. The van der Waals surface area contributed by atoms with Gasteiger partial charge in [-0.2, -0.15) is 0 Å². The number of anilines is 2. The molecule has 4 amide bonds. The zero-order valence-electron chi connectivity index (χ0n) is 30.0. The molecule has 2 aliphatic rings. The number of halogens is 2. The van der Waals surface area contributed by atoms with Crippen LogP contribution in [0.15, 0.2) is 72.0 Å². The molecule has 3 unspecified atom stereocenters. The number of nitrogens with zero attached hydrogens (tertiary/aromatic N) is 3. The van der Waals surface area contributed by atoms with Gasteiger partial charge in [0.1, 0.15) is 33.2 Å². The largest absolute Gasteiger partial charge is 0.495 e. The maximum absolute atomic E-state index is 14.8. The van der Waals surface area contributed by atoms with E-state index in [0.29, 0.717) is 29.3 Å². The predicted octanol–water partition coefficient (Wildman–Crippen LogP) is 7.85. The van der Waals surface area contributed by atoms with E-state index in [4.69, 9.17) is 37.7 Å². The summed E-state index contributed by atoms with van der Waals surface area (Å²) in [6, 6.07) is 8.16. The number of carbonyl (C=O) groups excluding carboxylic acids is 3. The second-order valence-corrected chi connectivity index (χ2v) is 13.3. The number of amides is 4. The Bertz CT molecular complexity index is 1680. The van der Waals surface area contributed by atoms with Crippen molar-refractivity contribution in [1.29, 1.82) is 0 Å². The Morgan fingerprint density at radius 2 is 1.75 bits per heavy atom. The first-order valence-corrected chi connectivity index (χ1v) is 18.0. The standard InChI is InChI=1S/C38H48Cl2N6O5/c1-8-23(5)36(43-28-18-13-12-17-27(28)42-32(48)11-4)44-37-25(9-2)22-45(35-33(39)29(50-6)20-30(51-7)34(35)40)38(49)46(37)21-24-15-14-16-26(19-24)41-31(47)10-3/h9,11,14-16,19-20,23,27-28H,2,4,8,10,12-13,17-18,21-22H2,1,3,5-7H3,(H,41,47)(H,42,48)(H,43,44). The number of ether oxygens (including phenoxy) is 2. The van der Waals surface area contributed by atoms with E-state index in [1.165, 1.54) is 25.2 Å². The van der Waals surface area contributed by atoms with Crippen molar-refractivity contribution in [2.45, 2.75) is 77.9 Å². The summed E-state index contributed by atoms with van der Waals surface area (Å²) in [6.07, 6.45) is 7.64. The van der Waals surface area contributed by atoms with E-state index in [9.17, 15) is 14.4 Å². The van der Waals surface area contributed by atoms with Gasteiger partial charge in [0.05, 0.1) is 45.1 Å². The Morgan fingerprint density at radius 1 is 1.06 bits per heavy atom. The zero-order chi connectivity index (χ0) is 37.2. The molecule has 11 nitrogen and oxygen atoms in total. The predicted molar refractivity (Wildman–Crippen MR) is 205 cm³/mol. The summed E-state index contributed by atoms with van der Waals surface area (Å²) in [6.45, 7) is 13.8. The van der Waals surface area contributed by atoms with E-state index >= 15 is 0 Å². The van der Waals surface area contributed by atoms with Gasteiger partial charge < -0.3 is 25.4 Å². The van der Waals surface area contributed by atoms with Gasteiger partial charge in [0.15, 0.2) is 0 Å². The lowest BCUT2D eigenvalue weighted by atomic mass is 9.90. The number of amidine groups is 1. The monoisotopic (exact) mass is 738 g/mol. The van der Waals surface area contributed by atoms with Crippen molar-refractivity contribution in [3.63, 3.8) is 0 Å². The minimum absolute atomic E-state index is 0.0182. The smallest absolute Gasteiger partial charge is 0.330 e. The summed E-state index contributed by atoms with van der Waals surface area (Å²) < 4.78 is 11.0. The van der Waals surface area contributed by atoms with Gasteiger partial charge >= 0.3 is 6.03 Å². The lowest BCUT2D eigenvalue weighted by Gasteiger charge is -2.40. The molecule has 2 aromatic carbocycles. The fraction of sp³-hybridized carbons (Fsp3) is 0.421. The molecular formula is C38H48Cl2N6O5. The third-order valence-electron chi connectivity index (χ3n) is 9.18. The first kappa shape index (κ1) is 39.3. The molecule has 1 fully saturated rings. The Labute approximate surface area is 310 Å². The van der Waals surface area contributed by atoms with Crippen molar-refractivity contribution in [2.75, 3.05) is 31.0 Å². The first-order chi connectivity index (χ1) is 24.5. The highest BCUT2D eigenvalue weighted by molar-refractivity contribution is 6.41. The van der Waals surface area contributed by atoms with Crippen LogP contribution in [0.3, 0.4) is 0 Å². The van der Waals surface area contributed by atoms with Gasteiger partial charge in [-0.05, 0) is 43.0 Å². The van der Waals surface area contributed by atoms with Crippen molar-refractivity contribution in [2.24, 2.45) is 10.9 Å². The van der Waals surface area contributed by atoms with E-state index in [2.05, 4.69) is 43.0 Å². The van der Waals surface area contributed by atoms with Crippen molar-refractivity contribution in [3.8, 4) is 11.5 Å². The second kappa shape index (κ2) is 18.1. The van der Waals surface area contributed by atoms with Crippen LogP contribution in [0.1, 0.15) is 64.9 Å². The van der Waals surface area contributed by atoms with Gasteiger partial charge in [-0.3, -0.25) is 24.4 Å². The second-order valence-electron chi connectivity index (χ2n) is 12.5. The molecule has 4 rings (SSSR count). The molecule has 274 valence electrons. The van der Waals surface area contributed by atoms with Crippen LogP contribution in [-0.2, 0) is 16.1 Å². The molecule has 3 atom stereocenters. The van der Waals surface area contributed by atoms with Gasteiger partial charge in [0.25, 0.3) is 0 Å². The van der Waals surface area contributed by atoms with Crippen LogP contribution in [-0.4, -0.2) is 61.4 Å². The number of nitrogens with one attached hydrogen (secondary N) is 3. The number of rotatable bonds is 14. The summed E-state index contributed by atoms with van der Waals surface area (Å²) in [5.74, 6) is 1.39. The molecule has 1 heterocycles. The van der Waals surface area contributed by atoms with Crippen LogP contribution < -0.4 is 30.3 Å². The maximum atomic E-state index is 14.8. The molecule has 0 bridgehead atoms. The molecule has 0 aromatic heterocycles. The Kier molecular flexibility index (Phi) is 14.0. The van der Waals surface area contributed by atoms with Crippen molar-refractivity contribution in [3.05, 3.63) is 82.6 Å². The fourth-order valence-corrected chi connectivity index (χ4v) is 6.80. The summed E-state index contributed by atoms with van der Waals surface area (Å²) in [5, 5.41) is 9.81. The third-order valence-corrected chi connectivity index (χ3v) is 9.91. The number of urea groups is 1. The summed E-state index contributed by atoms with van der Waals surface area (Å²) in [7, 11) is 2.94. The van der Waals surface area contributed by atoms with E-state index in [-0.39, 0.29) is 70.1 Å². The van der Waals surface area contributed by atoms with E-state index in [1.54, 1.807) is 30.0 Å². The molecule has 0 radical (unpaired) electrons. The normalized spacial score (nSPS) is 18.6. The SMILES string of the molecule is C=CC(=O)NC1CCCCC1N=C(NC1=C(C=C)CN(c2c(Cl)c(OC)cc(OC)c2Cl)C(=O)N1Cc1cccc(NC(=O)CC)c1)C(C)CC. The van der Waals surface area contributed by atoms with E-state index in [0.717, 1.165) is 37.7 Å². The van der Waals surface area contributed by atoms with Crippen LogP contribution in [0.2, 0.25) is 10.0 Å². The summed E-state index contributed by atoms with van der Waals surface area (Å²) in [5.41, 5.74) is 2.27. The highest BCUT2D eigenvalue weighted by atomic mass is 35.5. The van der Waals surface area contributed by atoms with Gasteiger partial charge in [-0.1, -0.05) is 88.2 Å². The molecule has 51 heavy (non-hydrogen) atoms. The lowest BCUT2D eigenvalue weighted by molar-refractivity contribution is -0.117. The van der Waals surface area contributed by atoms with E-state index in [1.807, 2.05) is 18.2 Å². The van der Waals surface area contributed by atoms with Crippen LogP contribution in [0, 0.1) is 5.92 Å². The number of benzene rings is 2. The molecule has 1 saturated carbocycles. The average molecular weight is 740 g/mol. The van der Waals surface area contributed by atoms with Crippen LogP contribution >= 0.6 is 23.2 Å². The first-order valence-electron chi connectivity index (χ1n) is 17.2. The van der Waals surface area contributed by atoms with Gasteiger partial charge in [0, 0.05) is 29.7 Å². The highest BCUT2D eigenvalue weighted by Crippen LogP contribution is 2.47. The zero-order valence-corrected chi connectivity index (χ0v) is 31.5. The van der Waals surface area contributed by atoms with Crippen LogP contribution in [0.4, 0.5) is 16.2 Å². The molecule has 1 aliphatic heterocycles. The Morgan fingerprint density at radius 3 is 2.35 bits per heavy atom. The molecule has 3 N–H and O–H groups in total. The number of carbonyl (C=O) groups is 3. The van der Waals surface area contributed by atoms with Gasteiger partial charge in [-0.25, -0.2) is 4.79 Å². The average Bonchev–Trinajstić information content (AvgIpc) is 3.13. The van der Waals surface area contributed by atoms with Crippen LogP contribution in [0.5, 0.6) is 11.5 Å². The van der Waals surface area contributed by atoms with Gasteiger partial charge in [0.2, 0.25) is 11.8 Å². The minimum Gasteiger partial charge on any atom is -0.495 e. The van der Waals surface area contributed by atoms with Crippen molar-refractivity contribution >= 4 is 58.3 Å². The number of methoxy groups -OCH3 is 2. The van der Waals surface area contributed by atoms with Crippen LogP contribution in [0.25, 0.3) is 0 Å². The quantitative estimate of drug-likeness (QED) is 0.103. The van der Waals surface area contributed by atoms with Crippen molar-refractivity contribution < 1.29 is 23.9 Å². The minimum atomic E-state index is -0.428.